The van der Waals surface area contributed by atoms with Crippen LogP contribution in [0.1, 0.15) is 32.0 Å². The summed E-state index contributed by atoms with van der Waals surface area (Å²) in [4.78, 5) is 15.0. The molecule has 1 aromatic rings. The maximum atomic E-state index is 12.3. The number of halogens is 4. The Hall–Kier alpha value is -1.35. The zero-order valence-corrected chi connectivity index (χ0v) is 12.9. The van der Waals surface area contributed by atoms with E-state index in [1.165, 1.54) is 0 Å². The van der Waals surface area contributed by atoms with Crippen LogP contribution in [-0.4, -0.2) is 34.2 Å². The molecule has 1 aliphatic heterocycles. The molecule has 6 nitrogen and oxygen atoms in total. The zero-order chi connectivity index (χ0) is 15.5. The minimum absolute atomic E-state index is 0. The van der Waals surface area contributed by atoms with Gasteiger partial charge in [0.2, 0.25) is 17.7 Å². The van der Waals surface area contributed by atoms with Crippen molar-refractivity contribution in [1.82, 2.24) is 20.5 Å². The Morgan fingerprint density at radius 3 is 2.59 bits per heavy atom. The van der Waals surface area contributed by atoms with E-state index in [1.807, 2.05) is 6.92 Å². The molecule has 3 N–H and O–H groups in total. The quantitative estimate of drug-likeness (QED) is 0.784. The topological polar surface area (TPSA) is 82.7 Å². The van der Waals surface area contributed by atoms with Gasteiger partial charge in [0, 0.05) is 6.42 Å². The molecule has 2 rings (SSSR count). The predicted octanol–water partition coefficient (Wildman–Crippen LogP) is 2.21. The van der Waals surface area contributed by atoms with E-state index < -0.39 is 12.0 Å². The number of hydrogen-bond acceptors (Lipinski definition) is 4. The summed E-state index contributed by atoms with van der Waals surface area (Å²) in [5, 5.41) is 10.6. The van der Waals surface area contributed by atoms with Crippen LogP contribution in [0.5, 0.6) is 0 Å². The molecule has 0 spiro atoms. The van der Waals surface area contributed by atoms with Gasteiger partial charge in [0.1, 0.15) is 0 Å². The maximum Gasteiger partial charge on any atom is 0.451 e. The first-order chi connectivity index (χ1) is 9.86. The summed E-state index contributed by atoms with van der Waals surface area (Å²) < 4.78 is 37.0. The SMILES string of the molecule is CC(CC(=O)Nc1n[nH]c(C(F)(F)F)n1)C1CCNCC1.Cl. The van der Waals surface area contributed by atoms with Crippen molar-refractivity contribution >= 4 is 24.3 Å². The van der Waals surface area contributed by atoms with Crippen molar-refractivity contribution in [3.63, 3.8) is 0 Å². The van der Waals surface area contributed by atoms with Gasteiger partial charge in [-0.05, 0) is 37.8 Å². The summed E-state index contributed by atoms with van der Waals surface area (Å²) >= 11 is 0. The van der Waals surface area contributed by atoms with Crippen molar-refractivity contribution in [2.45, 2.75) is 32.4 Å². The third-order valence-corrected chi connectivity index (χ3v) is 3.70. The lowest BCUT2D eigenvalue weighted by atomic mass is 9.84. The second kappa shape index (κ2) is 7.77. The first kappa shape index (κ1) is 18.7. The highest BCUT2D eigenvalue weighted by atomic mass is 35.5. The van der Waals surface area contributed by atoms with Gasteiger partial charge in [0.15, 0.2) is 0 Å². The lowest BCUT2D eigenvalue weighted by Gasteiger charge is -2.27. The smallest absolute Gasteiger partial charge is 0.317 e. The third-order valence-electron chi connectivity index (χ3n) is 3.70. The normalized spacial score (nSPS) is 17.6. The van der Waals surface area contributed by atoms with E-state index in [0.717, 1.165) is 25.9 Å². The lowest BCUT2D eigenvalue weighted by molar-refractivity contribution is -0.144. The first-order valence-electron chi connectivity index (χ1n) is 6.86. The van der Waals surface area contributed by atoms with Crippen LogP contribution in [0.4, 0.5) is 19.1 Å². The van der Waals surface area contributed by atoms with Crippen LogP contribution in [0.3, 0.4) is 0 Å². The summed E-state index contributed by atoms with van der Waals surface area (Å²) in [6, 6.07) is 0. The number of nitrogens with one attached hydrogen (secondary N) is 3. The lowest BCUT2D eigenvalue weighted by Crippen LogP contribution is -2.32. The number of alkyl halides is 3. The van der Waals surface area contributed by atoms with Crippen LogP contribution in [0.2, 0.25) is 0 Å². The Morgan fingerprint density at radius 1 is 1.41 bits per heavy atom. The largest absolute Gasteiger partial charge is 0.451 e. The van der Waals surface area contributed by atoms with Crippen molar-refractivity contribution in [3.8, 4) is 0 Å². The van der Waals surface area contributed by atoms with Gasteiger partial charge in [-0.3, -0.25) is 15.2 Å². The van der Waals surface area contributed by atoms with E-state index in [1.54, 1.807) is 5.10 Å². The van der Waals surface area contributed by atoms with Gasteiger partial charge in [-0.1, -0.05) is 6.92 Å². The number of piperidine rings is 1. The number of hydrogen-bond donors (Lipinski definition) is 3. The minimum atomic E-state index is -4.60. The standard InChI is InChI=1S/C12H18F3N5O.ClH/c1-7(8-2-4-16-5-3-8)6-9(21)17-11-18-10(19-20-11)12(13,14)15;/h7-8,16H,2-6H2,1H3,(H2,17,18,19,20,21);1H. The molecule has 0 radical (unpaired) electrons. The van der Waals surface area contributed by atoms with E-state index in [0.29, 0.717) is 5.92 Å². The molecule has 126 valence electrons. The second-order valence-corrected chi connectivity index (χ2v) is 5.32. The molecule has 1 amide bonds. The summed E-state index contributed by atoms with van der Waals surface area (Å²) in [6.07, 6.45) is -2.33. The molecule has 1 saturated heterocycles. The van der Waals surface area contributed by atoms with Crippen molar-refractivity contribution in [2.75, 3.05) is 18.4 Å². The van der Waals surface area contributed by atoms with Gasteiger partial charge in [-0.15, -0.1) is 17.5 Å². The van der Waals surface area contributed by atoms with Crippen molar-refractivity contribution in [2.24, 2.45) is 11.8 Å². The minimum Gasteiger partial charge on any atom is -0.317 e. The van der Waals surface area contributed by atoms with Gasteiger partial charge in [0.25, 0.3) is 0 Å². The highest BCUT2D eigenvalue weighted by Gasteiger charge is 2.35. The summed E-state index contributed by atoms with van der Waals surface area (Å²) in [5.41, 5.74) is 0. The average molecular weight is 342 g/mol. The molecule has 0 aromatic carbocycles. The van der Waals surface area contributed by atoms with Crippen LogP contribution in [-0.2, 0) is 11.0 Å². The first-order valence-corrected chi connectivity index (χ1v) is 6.86. The fraction of sp³-hybridized carbons (Fsp3) is 0.750. The molecule has 0 aliphatic carbocycles. The van der Waals surface area contributed by atoms with Gasteiger partial charge in [-0.25, -0.2) is 0 Å². The molecule has 2 heterocycles. The predicted molar refractivity (Wildman–Crippen MR) is 76.6 cm³/mol. The fourth-order valence-electron chi connectivity index (χ4n) is 2.49. The maximum absolute atomic E-state index is 12.3. The molecule has 1 aliphatic rings. The molecular formula is C12H19ClF3N5O. The summed E-state index contributed by atoms with van der Waals surface area (Å²) in [5.74, 6) is -1.30. The molecular weight excluding hydrogens is 323 g/mol. The van der Waals surface area contributed by atoms with Crippen LogP contribution in [0, 0.1) is 11.8 Å². The van der Waals surface area contributed by atoms with Gasteiger partial charge in [0.05, 0.1) is 0 Å². The molecule has 1 aromatic heterocycles. The van der Waals surface area contributed by atoms with Crippen molar-refractivity contribution < 1.29 is 18.0 Å². The fourth-order valence-corrected chi connectivity index (χ4v) is 2.49. The molecule has 1 atom stereocenters. The number of amides is 1. The van der Waals surface area contributed by atoms with Crippen LogP contribution in [0.25, 0.3) is 0 Å². The number of aromatic nitrogens is 3. The van der Waals surface area contributed by atoms with Crippen molar-refractivity contribution in [3.05, 3.63) is 5.82 Å². The molecule has 0 saturated carbocycles. The van der Waals surface area contributed by atoms with E-state index >= 15 is 0 Å². The Kier molecular flexibility index (Phi) is 6.61. The summed E-state index contributed by atoms with van der Waals surface area (Å²) in [6.45, 7) is 3.85. The van der Waals surface area contributed by atoms with Crippen molar-refractivity contribution in [1.29, 1.82) is 0 Å². The van der Waals surface area contributed by atoms with Gasteiger partial charge >= 0.3 is 6.18 Å². The number of rotatable bonds is 4. The Morgan fingerprint density at radius 2 is 2.05 bits per heavy atom. The van der Waals surface area contributed by atoms with Crippen LogP contribution in [0.15, 0.2) is 0 Å². The van der Waals surface area contributed by atoms with E-state index in [2.05, 4.69) is 20.7 Å². The number of anilines is 1. The highest BCUT2D eigenvalue weighted by Crippen LogP contribution is 2.27. The number of carbonyl (C=O) groups excluding carboxylic acids is 1. The average Bonchev–Trinajstić information content (AvgIpc) is 2.88. The molecule has 1 fully saturated rings. The number of H-pyrrole nitrogens is 1. The highest BCUT2D eigenvalue weighted by molar-refractivity contribution is 5.89. The Balaban J connectivity index is 0.00000242. The van der Waals surface area contributed by atoms with Crippen LogP contribution >= 0.6 is 12.4 Å². The number of nitrogens with zero attached hydrogens (tertiary/aromatic N) is 2. The summed E-state index contributed by atoms with van der Waals surface area (Å²) in [7, 11) is 0. The van der Waals surface area contributed by atoms with E-state index in [4.69, 9.17) is 0 Å². The molecule has 22 heavy (non-hydrogen) atoms. The van der Waals surface area contributed by atoms with Crippen LogP contribution < -0.4 is 10.6 Å². The Bertz CT molecular complexity index is 487. The van der Waals surface area contributed by atoms with Gasteiger partial charge < -0.3 is 5.32 Å². The molecule has 0 bridgehead atoms. The monoisotopic (exact) mass is 341 g/mol. The zero-order valence-electron chi connectivity index (χ0n) is 12.0. The third kappa shape index (κ3) is 5.13. The molecule has 10 heteroatoms. The Labute approximate surface area is 132 Å². The number of carbonyl (C=O) groups is 1. The van der Waals surface area contributed by atoms with E-state index in [9.17, 15) is 18.0 Å². The van der Waals surface area contributed by atoms with E-state index in [-0.39, 0.29) is 36.6 Å². The number of aromatic amines is 1. The second-order valence-electron chi connectivity index (χ2n) is 5.32. The molecule has 1 unspecified atom stereocenters. The van der Waals surface area contributed by atoms with Gasteiger partial charge in [-0.2, -0.15) is 18.2 Å².